The van der Waals surface area contributed by atoms with Gasteiger partial charge in [0.25, 0.3) is 0 Å². The summed E-state index contributed by atoms with van der Waals surface area (Å²) in [6.07, 6.45) is 6.37. The lowest BCUT2D eigenvalue weighted by atomic mass is 9.85. The Hall–Kier alpha value is -0.0800. The maximum absolute atomic E-state index is 6.02. The SMILES string of the molecule is CCC(C)(C)N(C)CC1CCCC(N)C1. The van der Waals surface area contributed by atoms with E-state index in [1.807, 2.05) is 0 Å². The second-order valence-electron chi connectivity index (χ2n) is 5.84. The molecule has 2 N–H and O–H groups in total. The van der Waals surface area contributed by atoms with Crippen LogP contribution in [0.25, 0.3) is 0 Å². The zero-order valence-electron chi connectivity index (χ0n) is 10.9. The Morgan fingerprint density at radius 2 is 2.00 bits per heavy atom. The van der Waals surface area contributed by atoms with E-state index in [9.17, 15) is 0 Å². The van der Waals surface area contributed by atoms with Gasteiger partial charge in [0.2, 0.25) is 0 Å². The molecule has 0 aromatic carbocycles. The quantitative estimate of drug-likeness (QED) is 0.776. The van der Waals surface area contributed by atoms with Crippen LogP contribution in [0.1, 0.15) is 52.9 Å². The Balaban J connectivity index is 2.40. The van der Waals surface area contributed by atoms with Crippen molar-refractivity contribution < 1.29 is 0 Å². The van der Waals surface area contributed by atoms with E-state index in [1.165, 1.54) is 38.6 Å². The van der Waals surface area contributed by atoms with Gasteiger partial charge in [-0.3, -0.25) is 0 Å². The van der Waals surface area contributed by atoms with Gasteiger partial charge in [0.1, 0.15) is 0 Å². The third kappa shape index (κ3) is 3.76. The average molecular weight is 212 g/mol. The molecule has 0 aliphatic heterocycles. The van der Waals surface area contributed by atoms with Crippen molar-refractivity contribution in [1.29, 1.82) is 0 Å². The molecular formula is C13H28N2. The van der Waals surface area contributed by atoms with E-state index >= 15 is 0 Å². The first kappa shape index (κ1) is 13.0. The van der Waals surface area contributed by atoms with Crippen LogP contribution in [0, 0.1) is 5.92 Å². The van der Waals surface area contributed by atoms with Crippen LogP contribution in [0.15, 0.2) is 0 Å². The Bertz CT molecular complexity index is 189. The minimum atomic E-state index is 0.335. The molecule has 1 aliphatic carbocycles. The fraction of sp³-hybridized carbons (Fsp3) is 1.00. The summed E-state index contributed by atoms with van der Waals surface area (Å²) in [4.78, 5) is 2.51. The second kappa shape index (κ2) is 5.31. The first-order chi connectivity index (χ1) is 6.95. The molecule has 1 rings (SSSR count). The molecule has 0 aromatic rings. The molecule has 0 saturated heterocycles. The molecule has 1 saturated carbocycles. The van der Waals surface area contributed by atoms with Crippen molar-refractivity contribution >= 4 is 0 Å². The standard InChI is InChI=1S/C13H28N2/c1-5-13(2,3)15(4)10-11-7-6-8-12(14)9-11/h11-12H,5-10,14H2,1-4H3. The molecule has 0 heterocycles. The highest BCUT2D eigenvalue weighted by molar-refractivity contribution is 4.82. The van der Waals surface area contributed by atoms with Gasteiger partial charge in [0.15, 0.2) is 0 Å². The fourth-order valence-corrected chi connectivity index (χ4v) is 2.40. The van der Waals surface area contributed by atoms with Crippen molar-refractivity contribution in [2.75, 3.05) is 13.6 Å². The first-order valence-electron chi connectivity index (χ1n) is 6.42. The Morgan fingerprint density at radius 3 is 2.53 bits per heavy atom. The smallest absolute Gasteiger partial charge is 0.0147 e. The summed E-state index contributed by atoms with van der Waals surface area (Å²) in [7, 11) is 2.25. The van der Waals surface area contributed by atoms with E-state index in [0.29, 0.717) is 11.6 Å². The molecule has 2 atom stereocenters. The third-order valence-electron chi connectivity index (χ3n) is 4.25. The molecule has 2 heteroatoms. The monoisotopic (exact) mass is 212 g/mol. The zero-order valence-corrected chi connectivity index (χ0v) is 10.9. The van der Waals surface area contributed by atoms with Crippen molar-refractivity contribution in [3.05, 3.63) is 0 Å². The topological polar surface area (TPSA) is 29.3 Å². The summed E-state index contributed by atoms with van der Waals surface area (Å²) < 4.78 is 0. The van der Waals surface area contributed by atoms with E-state index in [1.54, 1.807) is 0 Å². The Labute approximate surface area is 95.2 Å². The summed E-state index contributed by atoms with van der Waals surface area (Å²) in [5.41, 5.74) is 6.36. The van der Waals surface area contributed by atoms with Crippen LogP contribution in [0.5, 0.6) is 0 Å². The Kier molecular flexibility index (Phi) is 4.60. The van der Waals surface area contributed by atoms with Crippen LogP contribution in [0.3, 0.4) is 0 Å². The first-order valence-corrected chi connectivity index (χ1v) is 6.42. The summed E-state index contributed by atoms with van der Waals surface area (Å²) in [6, 6.07) is 0.460. The molecular weight excluding hydrogens is 184 g/mol. The van der Waals surface area contributed by atoms with Crippen molar-refractivity contribution in [1.82, 2.24) is 4.90 Å². The summed E-state index contributed by atoms with van der Waals surface area (Å²) >= 11 is 0. The predicted molar refractivity (Wildman–Crippen MR) is 66.9 cm³/mol. The highest BCUT2D eigenvalue weighted by Gasteiger charge is 2.26. The maximum atomic E-state index is 6.02. The van der Waals surface area contributed by atoms with Gasteiger partial charge in [-0.05, 0) is 52.5 Å². The van der Waals surface area contributed by atoms with E-state index in [0.717, 1.165) is 5.92 Å². The molecule has 0 spiro atoms. The minimum absolute atomic E-state index is 0.335. The van der Waals surface area contributed by atoms with Crippen molar-refractivity contribution in [3.8, 4) is 0 Å². The lowest BCUT2D eigenvalue weighted by Crippen LogP contribution is -2.44. The summed E-state index contributed by atoms with van der Waals surface area (Å²) in [5.74, 6) is 0.824. The van der Waals surface area contributed by atoms with E-state index in [2.05, 4.69) is 32.7 Å². The minimum Gasteiger partial charge on any atom is -0.328 e. The number of rotatable bonds is 4. The normalized spacial score (nSPS) is 28.4. The third-order valence-corrected chi connectivity index (χ3v) is 4.25. The summed E-state index contributed by atoms with van der Waals surface area (Å²) in [6.45, 7) is 8.14. The summed E-state index contributed by atoms with van der Waals surface area (Å²) in [5, 5.41) is 0. The number of nitrogens with zero attached hydrogens (tertiary/aromatic N) is 1. The van der Waals surface area contributed by atoms with Gasteiger partial charge in [-0.25, -0.2) is 0 Å². The van der Waals surface area contributed by atoms with Gasteiger partial charge in [-0.1, -0.05) is 13.3 Å². The average Bonchev–Trinajstić information content (AvgIpc) is 2.17. The number of nitrogens with two attached hydrogens (primary N) is 1. The largest absolute Gasteiger partial charge is 0.328 e. The molecule has 0 aromatic heterocycles. The molecule has 0 bridgehead atoms. The van der Waals surface area contributed by atoms with Crippen LogP contribution in [-0.4, -0.2) is 30.1 Å². The van der Waals surface area contributed by atoms with Gasteiger partial charge in [0, 0.05) is 18.1 Å². The van der Waals surface area contributed by atoms with Crippen LogP contribution < -0.4 is 5.73 Å². The maximum Gasteiger partial charge on any atom is 0.0147 e. The lowest BCUT2D eigenvalue weighted by molar-refractivity contribution is 0.112. The number of hydrogen-bond donors (Lipinski definition) is 1. The van der Waals surface area contributed by atoms with Gasteiger partial charge >= 0.3 is 0 Å². The highest BCUT2D eigenvalue weighted by Crippen LogP contribution is 2.26. The molecule has 1 aliphatic rings. The van der Waals surface area contributed by atoms with E-state index < -0.39 is 0 Å². The molecule has 0 amide bonds. The van der Waals surface area contributed by atoms with Crippen molar-refractivity contribution in [3.63, 3.8) is 0 Å². The highest BCUT2D eigenvalue weighted by atomic mass is 15.2. The van der Waals surface area contributed by atoms with Crippen LogP contribution in [-0.2, 0) is 0 Å². The van der Waals surface area contributed by atoms with Gasteiger partial charge < -0.3 is 10.6 Å². The van der Waals surface area contributed by atoms with Gasteiger partial charge in [0.05, 0.1) is 0 Å². The zero-order chi connectivity index (χ0) is 11.5. The number of hydrogen-bond acceptors (Lipinski definition) is 2. The fourth-order valence-electron chi connectivity index (χ4n) is 2.40. The van der Waals surface area contributed by atoms with Crippen LogP contribution in [0.2, 0.25) is 0 Å². The molecule has 90 valence electrons. The lowest BCUT2D eigenvalue weighted by Gasteiger charge is -2.39. The molecule has 1 fully saturated rings. The second-order valence-corrected chi connectivity index (χ2v) is 5.84. The molecule has 15 heavy (non-hydrogen) atoms. The Morgan fingerprint density at radius 1 is 1.33 bits per heavy atom. The molecule has 2 unspecified atom stereocenters. The van der Waals surface area contributed by atoms with Crippen molar-refractivity contribution in [2.24, 2.45) is 11.7 Å². The van der Waals surface area contributed by atoms with Gasteiger partial charge in [-0.15, -0.1) is 0 Å². The van der Waals surface area contributed by atoms with Gasteiger partial charge in [-0.2, -0.15) is 0 Å². The van der Waals surface area contributed by atoms with Crippen molar-refractivity contribution in [2.45, 2.75) is 64.5 Å². The van der Waals surface area contributed by atoms with Crippen LogP contribution in [0.4, 0.5) is 0 Å². The molecule has 0 radical (unpaired) electrons. The molecule has 2 nitrogen and oxygen atoms in total. The van der Waals surface area contributed by atoms with E-state index in [-0.39, 0.29) is 0 Å². The van der Waals surface area contributed by atoms with Crippen LogP contribution >= 0.6 is 0 Å². The van der Waals surface area contributed by atoms with E-state index in [4.69, 9.17) is 5.73 Å². The predicted octanol–water partition coefficient (Wildman–Crippen LogP) is 2.62.